The maximum Gasteiger partial charge on any atom is 0.411 e. The van der Waals surface area contributed by atoms with Crippen molar-refractivity contribution in [3.63, 3.8) is 0 Å². The molecule has 0 radical (unpaired) electrons. The number of quaternary nitrogens is 1. The second-order valence-corrected chi connectivity index (χ2v) is 10.8. The van der Waals surface area contributed by atoms with Gasteiger partial charge in [-0.05, 0) is 50.7 Å². The van der Waals surface area contributed by atoms with Crippen LogP contribution in [-0.4, -0.2) is 50.0 Å². The van der Waals surface area contributed by atoms with E-state index in [1.165, 1.54) is 116 Å². The number of amides is 1. The Bertz CT molecular complexity index is 688. The van der Waals surface area contributed by atoms with Crippen LogP contribution >= 0.6 is 0 Å². The van der Waals surface area contributed by atoms with E-state index < -0.39 is 0 Å². The number of nitrogens with zero attached hydrogens (tertiary/aromatic N) is 1. The number of likely N-dealkylation sites (tertiary alicyclic amines) is 1. The van der Waals surface area contributed by atoms with Gasteiger partial charge in [-0.2, -0.15) is 0 Å². The van der Waals surface area contributed by atoms with Crippen LogP contribution in [0, 0.1) is 0 Å². The van der Waals surface area contributed by atoms with E-state index in [0.717, 1.165) is 23.2 Å². The van der Waals surface area contributed by atoms with E-state index in [-0.39, 0.29) is 6.09 Å². The Kier molecular flexibility index (Phi) is 16.4. The summed E-state index contributed by atoms with van der Waals surface area (Å²) in [5.74, 6) is 0.721. The van der Waals surface area contributed by atoms with E-state index in [2.05, 4.69) is 19.2 Å². The molecule has 1 amide bonds. The lowest BCUT2D eigenvalue weighted by atomic mass is 10.0. The average molecular weight is 504 g/mol. The number of hydrogen-bond acceptors (Lipinski definition) is 3. The van der Waals surface area contributed by atoms with E-state index in [1.54, 1.807) is 0 Å². The lowest BCUT2D eigenvalue weighted by Gasteiger charge is -2.41. The predicted octanol–water partition coefficient (Wildman–Crippen LogP) is 8.73. The summed E-state index contributed by atoms with van der Waals surface area (Å²) in [6.07, 6.45) is 20.4. The number of rotatable bonds is 20. The number of benzene rings is 1. The minimum absolute atomic E-state index is 0.378. The lowest BCUT2D eigenvalue weighted by molar-refractivity contribution is -0.932. The summed E-state index contributed by atoms with van der Waals surface area (Å²) in [5, 5.41) is 2.91. The van der Waals surface area contributed by atoms with Crippen molar-refractivity contribution >= 4 is 11.8 Å². The zero-order chi connectivity index (χ0) is 25.7. The molecule has 1 heterocycles. The molecule has 0 bridgehead atoms. The predicted molar refractivity (Wildman–Crippen MR) is 152 cm³/mol. The Morgan fingerprint density at radius 1 is 0.750 bits per heavy atom. The molecular weight excluding hydrogens is 448 g/mol. The lowest BCUT2D eigenvalue weighted by Crippen LogP contribution is -2.54. The molecule has 1 aromatic rings. The maximum absolute atomic E-state index is 12.6. The molecule has 0 atom stereocenters. The van der Waals surface area contributed by atoms with Crippen LogP contribution in [0.4, 0.5) is 10.5 Å². The molecule has 1 saturated heterocycles. The molecule has 0 unspecified atom stereocenters. The molecule has 1 aliphatic rings. The smallest absolute Gasteiger partial charge is 0.411 e. The van der Waals surface area contributed by atoms with Gasteiger partial charge in [0.05, 0.1) is 31.9 Å². The fourth-order valence-corrected chi connectivity index (χ4v) is 5.38. The first-order valence-electron chi connectivity index (χ1n) is 15.2. The Morgan fingerprint density at radius 3 is 2.06 bits per heavy atom. The second-order valence-electron chi connectivity index (χ2n) is 10.8. The second kappa shape index (κ2) is 19.4. The van der Waals surface area contributed by atoms with Gasteiger partial charge in [-0.1, -0.05) is 90.2 Å². The molecular formula is C31H55N2O3+. The molecule has 2 rings (SSSR count). The monoisotopic (exact) mass is 503 g/mol. The van der Waals surface area contributed by atoms with E-state index in [4.69, 9.17) is 9.47 Å². The highest BCUT2D eigenvalue weighted by atomic mass is 16.5. The number of hydrogen-bond donors (Lipinski definition) is 1. The molecule has 0 saturated carbocycles. The van der Waals surface area contributed by atoms with Crippen LogP contribution in [0.25, 0.3) is 0 Å². The highest BCUT2D eigenvalue weighted by molar-refractivity contribution is 5.86. The van der Waals surface area contributed by atoms with Gasteiger partial charge in [0.2, 0.25) is 0 Å². The zero-order valence-corrected chi connectivity index (χ0v) is 23.5. The third-order valence-corrected chi connectivity index (χ3v) is 7.68. The number of para-hydroxylation sites is 2. The summed E-state index contributed by atoms with van der Waals surface area (Å²) in [6, 6.07) is 7.66. The van der Waals surface area contributed by atoms with Crippen LogP contribution in [0.5, 0.6) is 5.75 Å². The van der Waals surface area contributed by atoms with Gasteiger partial charge in [-0.15, -0.1) is 0 Å². The topological polar surface area (TPSA) is 47.6 Å². The SMILES string of the molecule is CCCCCCCCCC[N+]1(CCOC(=O)Nc2ccccc2OCCCCCCC)CCCCC1. The van der Waals surface area contributed by atoms with E-state index in [9.17, 15) is 4.79 Å². The van der Waals surface area contributed by atoms with E-state index in [0.29, 0.717) is 18.9 Å². The molecule has 0 aliphatic carbocycles. The van der Waals surface area contributed by atoms with Crippen molar-refractivity contribution in [3.8, 4) is 5.75 Å². The molecule has 1 aliphatic heterocycles. The summed E-state index contributed by atoms with van der Waals surface area (Å²) >= 11 is 0. The largest absolute Gasteiger partial charge is 0.491 e. The van der Waals surface area contributed by atoms with Crippen molar-refractivity contribution in [1.29, 1.82) is 0 Å². The summed E-state index contributed by atoms with van der Waals surface area (Å²) in [7, 11) is 0. The summed E-state index contributed by atoms with van der Waals surface area (Å²) < 4.78 is 12.7. The molecule has 36 heavy (non-hydrogen) atoms. The van der Waals surface area contributed by atoms with Crippen molar-refractivity contribution in [2.45, 2.75) is 117 Å². The Balaban J connectivity index is 1.70. The minimum atomic E-state index is -0.378. The first-order chi connectivity index (χ1) is 17.7. The molecule has 1 N–H and O–H groups in total. The number of unbranched alkanes of at least 4 members (excludes halogenated alkanes) is 11. The van der Waals surface area contributed by atoms with Crippen LogP contribution in [-0.2, 0) is 4.74 Å². The Hall–Kier alpha value is -1.75. The van der Waals surface area contributed by atoms with Gasteiger partial charge in [0.15, 0.2) is 0 Å². The van der Waals surface area contributed by atoms with Crippen LogP contribution in [0.1, 0.15) is 117 Å². The summed E-state index contributed by atoms with van der Waals surface area (Å²) in [5.41, 5.74) is 0.692. The zero-order valence-electron chi connectivity index (χ0n) is 23.5. The highest BCUT2D eigenvalue weighted by Crippen LogP contribution is 2.25. The first-order valence-corrected chi connectivity index (χ1v) is 15.2. The van der Waals surface area contributed by atoms with Crippen molar-refractivity contribution in [1.82, 2.24) is 0 Å². The standard InChI is InChI=1S/C31H54N2O3/c1-3-5-7-9-10-11-12-17-23-33(24-18-14-19-25-33)26-28-36-31(34)32-29-21-15-16-22-30(29)35-27-20-13-8-6-4-2/h15-16,21-22H,3-14,17-20,23-28H2,1-2H3/p+1. The van der Waals surface area contributed by atoms with Crippen LogP contribution in [0.2, 0.25) is 0 Å². The Morgan fingerprint density at radius 2 is 1.36 bits per heavy atom. The number of carbonyl (C=O) groups is 1. The van der Waals surface area contributed by atoms with Gasteiger partial charge < -0.3 is 14.0 Å². The van der Waals surface area contributed by atoms with Gasteiger partial charge in [0, 0.05) is 0 Å². The first kappa shape index (κ1) is 30.5. The fraction of sp³-hybridized carbons (Fsp3) is 0.774. The Labute approximate surface area is 221 Å². The molecule has 5 heteroatoms. The number of anilines is 1. The fourth-order valence-electron chi connectivity index (χ4n) is 5.38. The molecule has 206 valence electrons. The van der Waals surface area contributed by atoms with Gasteiger partial charge in [-0.3, -0.25) is 5.32 Å². The third kappa shape index (κ3) is 13.0. The van der Waals surface area contributed by atoms with Crippen LogP contribution in [0.15, 0.2) is 24.3 Å². The quantitative estimate of drug-likeness (QED) is 0.143. The van der Waals surface area contributed by atoms with Gasteiger partial charge >= 0.3 is 6.09 Å². The van der Waals surface area contributed by atoms with E-state index >= 15 is 0 Å². The number of nitrogens with one attached hydrogen (secondary N) is 1. The molecule has 1 fully saturated rings. The van der Waals surface area contributed by atoms with Gasteiger partial charge in [0.1, 0.15) is 18.9 Å². The minimum Gasteiger partial charge on any atom is -0.491 e. The van der Waals surface area contributed by atoms with Gasteiger partial charge in [0.25, 0.3) is 0 Å². The summed E-state index contributed by atoms with van der Waals surface area (Å²) in [4.78, 5) is 12.6. The van der Waals surface area contributed by atoms with E-state index in [1.807, 2.05) is 24.3 Å². The molecule has 0 aromatic heterocycles. The highest BCUT2D eigenvalue weighted by Gasteiger charge is 2.29. The van der Waals surface area contributed by atoms with Crippen LogP contribution in [0.3, 0.4) is 0 Å². The average Bonchev–Trinajstić information content (AvgIpc) is 2.89. The van der Waals surface area contributed by atoms with Crippen molar-refractivity contribution < 1.29 is 18.8 Å². The molecule has 5 nitrogen and oxygen atoms in total. The van der Waals surface area contributed by atoms with Crippen molar-refractivity contribution in [2.24, 2.45) is 0 Å². The van der Waals surface area contributed by atoms with Crippen molar-refractivity contribution in [2.75, 3.05) is 44.7 Å². The normalized spacial score (nSPS) is 14.9. The number of piperidine rings is 1. The van der Waals surface area contributed by atoms with Crippen LogP contribution < -0.4 is 10.1 Å². The third-order valence-electron chi connectivity index (χ3n) is 7.68. The number of carbonyl (C=O) groups excluding carboxylic acids is 1. The summed E-state index contributed by atoms with van der Waals surface area (Å²) in [6.45, 7) is 10.3. The van der Waals surface area contributed by atoms with Gasteiger partial charge in [-0.25, -0.2) is 4.79 Å². The molecule has 0 spiro atoms. The molecule has 1 aromatic carbocycles. The maximum atomic E-state index is 12.6. The number of ether oxygens (including phenoxy) is 2. The van der Waals surface area contributed by atoms with Crippen molar-refractivity contribution in [3.05, 3.63) is 24.3 Å².